The molecule has 0 radical (unpaired) electrons. The fraction of sp³-hybridized carbons (Fsp3) is 0.933. The quantitative estimate of drug-likeness (QED) is 0.0741. The number of esters is 1. The monoisotopic (exact) mass is 610 g/mol. The number of ketones is 1. The number of hydrogen-bond acceptors (Lipinski definition) is 10. The fourth-order valence-electron chi connectivity index (χ4n) is 4.40. The zero-order chi connectivity index (χ0) is 29.8. The lowest BCUT2D eigenvalue weighted by Gasteiger charge is -2.21. The topological polar surface area (TPSA) is 123 Å². The van der Waals surface area contributed by atoms with Gasteiger partial charge in [0.2, 0.25) is 0 Å². The van der Waals surface area contributed by atoms with E-state index in [1.54, 1.807) is 30.6 Å². The van der Waals surface area contributed by atoms with Crippen molar-refractivity contribution in [2.45, 2.75) is 126 Å². The van der Waals surface area contributed by atoms with Gasteiger partial charge in [-0.3, -0.25) is 9.59 Å². The van der Waals surface area contributed by atoms with E-state index >= 15 is 0 Å². The predicted octanol–water partition coefficient (Wildman–Crippen LogP) is 5.18. The molecule has 0 aromatic heterocycles. The maximum atomic E-state index is 12.6. The Kier molecular flexibility index (Phi) is 28.5. The Morgan fingerprint density at radius 2 is 1.32 bits per heavy atom. The van der Waals surface area contributed by atoms with E-state index in [9.17, 15) is 14.7 Å². The van der Waals surface area contributed by atoms with Gasteiger partial charge in [-0.15, -0.1) is 0 Å². The van der Waals surface area contributed by atoms with Crippen LogP contribution in [0.2, 0.25) is 0 Å². The van der Waals surface area contributed by atoms with E-state index in [4.69, 9.17) is 24.4 Å². The molecule has 8 nitrogen and oxygen atoms in total. The molecule has 0 aromatic rings. The number of aliphatic hydroxyl groups excluding tert-OH is 3. The molecule has 0 aliphatic rings. The Balaban J connectivity index is 4.53. The second-order valence-corrected chi connectivity index (χ2v) is 13.0. The number of hydrogen-bond donors (Lipinski definition) is 3. The molecule has 0 saturated heterocycles. The van der Waals surface area contributed by atoms with E-state index < -0.39 is 6.10 Å². The van der Waals surface area contributed by atoms with Crippen molar-refractivity contribution in [3.63, 3.8) is 0 Å². The molecule has 4 atom stereocenters. The summed E-state index contributed by atoms with van der Waals surface area (Å²) < 4.78 is 16.2. The minimum absolute atomic E-state index is 0.158. The van der Waals surface area contributed by atoms with Crippen molar-refractivity contribution < 1.29 is 39.1 Å². The van der Waals surface area contributed by atoms with Crippen molar-refractivity contribution in [1.82, 2.24) is 0 Å². The fourth-order valence-corrected chi connectivity index (χ4v) is 6.35. The first-order valence-corrected chi connectivity index (χ1v) is 17.4. The lowest BCUT2D eigenvalue weighted by molar-refractivity contribution is -0.150. The molecular formula is C30H58O8S2. The van der Waals surface area contributed by atoms with Gasteiger partial charge < -0.3 is 29.5 Å². The molecule has 3 N–H and O–H groups in total. The maximum absolute atomic E-state index is 12.6. The van der Waals surface area contributed by atoms with Gasteiger partial charge in [0, 0.05) is 55.0 Å². The molecule has 0 rings (SSSR count). The van der Waals surface area contributed by atoms with Crippen molar-refractivity contribution in [2.75, 3.05) is 51.6 Å². The summed E-state index contributed by atoms with van der Waals surface area (Å²) in [7, 11) is 1.63. The highest BCUT2D eigenvalue weighted by Crippen LogP contribution is 2.24. The van der Waals surface area contributed by atoms with Crippen LogP contribution in [0.5, 0.6) is 0 Å². The SMILES string of the molecule is CCC(CCC(O)CCCC(=O)OC(CCCC(=O)CCCOCCOC)CCC(CC)SCCO)SCCO. The number of methoxy groups -OCH3 is 1. The molecule has 0 spiro atoms. The zero-order valence-corrected chi connectivity index (χ0v) is 27.0. The van der Waals surface area contributed by atoms with Crippen molar-refractivity contribution >= 4 is 35.3 Å². The molecular weight excluding hydrogens is 552 g/mol. The van der Waals surface area contributed by atoms with Gasteiger partial charge in [-0.25, -0.2) is 0 Å². The van der Waals surface area contributed by atoms with Crippen LogP contribution in [-0.4, -0.2) is 101 Å². The van der Waals surface area contributed by atoms with Crippen LogP contribution in [0.4, 0.5) is 0 Å². The Bertz CT molecular complexity index is 596. The van der Waals surface area contributed by atoms with Gasteiger partial charge in [-0.05, 0) is 70.6 Å². The highest BCUT2D eigenvalue weighted by Gasteiger charge is 2.19. The van der Waals surface area contributed by atoms with E-state index in [1.807, 2.05) is 0 Å². The molecule has 238 valence electrons. The van der Waals surface area contributed by atoms with Crippen LogP contribution >= 0.6 is 23.5 Å². The molecule has 0 aliphatic carbocycles. The molecule has 40 heavy (non-hydrogen) atoms. The Morgan fingerprint density at radius 3 is 1.93 bits per heavy atom. The van der Waals surface area contributed by atoms with Crippen molar-refractivity contribution in [1.29, 1.82) is 0 Å². The Morgan fingerprint density at radius 1 is 0.725 bits per heavy atom. The second-order valence-electron chi connectivity index (χ2n) is 10.2. The number of rotatable bonds is 30. The van der Waals surface area contributed by atoms with Gasteiger partial charge in [0.1, 0.15) is 11.9 Å². The average molecular weight is 611 g/mol. The molecule has 0 heterocycles. The zero-order valence-electron chi connectivity index (χ0n) is 25.4. The molecule has 0 fully saturated rings. The largest absolute Gasteiger partial charge is 0.462 e. The normalized spacial score (nSPS) is 14.6. The van der Waals surface area contributed by atoms with E-state index in [2.05, 4.69) is 13.8 Å². The minimum Gasteiger partial charge on any atom is -0.462 e. The third-order valence-electron chi connectivity index (χ3n) is 6.81. The number of carbonyl (C=O) groups excluding carboxylic acids is 2. The number of Topliss-reactive ketones (excluding diaryl/α,β-unsaturated/α-hetero) is 1. The molecule has 0 bridgehead atoms. The first-order valence-electron chi connectivity index (χ1n) is 15.3. The highest BCUT2D eigenvalue weighted by molar-refractivity contribution is 8.00. The Hall–Kier alpha value is -0.360. The molecule has 4 unspecified atom stereocenters. The summed E-state index contributed by atoms with van der Waals surface area (Å²) in [6, 6.07) is 0. The summed E-state index contributed by atoms with van der Waals surface area (Å²) in [6.07, 6.45) is 9.06. The van der Waals surface area contributed by atoms with E-state index in [0.29, 0.717) is 87.4 Å². The maximum Gasteiger partial charge on any atom is 0.306 e. The van der Waals surface area contributed by atoms with Crippen LogP contribution in [0, 0.1) is 0 Å². The van der Waals surface area contributed by atoms with Crippen LogP contribution in [0.3, 0.4) is 0 Å². The van der Waals surface area contributed by atoms with Crippen LogP contribution in [0.1, 0.15) is 104 Å². The van der Waals surface area contributed by atoms with Crippen molar-refractivity contribution in [3.05, 3.63) is 0 Å². The third-order valence-corrected chi connectivity index (χ3v) is 9.72. The minimum atomic E-state index is -0.433. The first kappa shape index (κ1) is 39.6. The van der Waals surface area contributed by atoms with Crippen molar-refractivity contribution in [3.8, 4) is 0 Å². The summed E-state index contributed by atoms with van der Waals surface area (Å²) in [5, 5.41) is 29.4. The standard InChI is InChI=1S/C30H58O8S2/c1-4-28(39-23-18-31)16-14-26(34)10-7-13-30(35)38-27(15-17-29(5-2)40-24-19-32)12-6-9-25(33)11-8-20-37-22-21-36-3/h26-29,31-32,34H,4-24H2,1-3H3. The van der Waals surface area contributed by atoms with E-state index in [0.717, 1.165) is 37.9 Å². The van der Waals surface area contributed by atoms with Crippen molar-refractivity contribution in [2.24, 2.45) is 0 Å². The van der Waals surface area contributed by atoms with Crippen LogP contribution in [-0.2, 0) is 23.8 Å². The summed E-state index contributed by atoms with van der Waals surface area (Å²) in [6.45, 7) is 6.23. The summed E-state index contributed by atoms with van der Waals surface area (Å²) in [5.74, 6) is 1.39. The van der Waals surface area contributed by atoms with Gasteiger partial charge >= 0.3 is 5.97 Å². The van der Waals surface area contributed by atoms with Gasteiger partial charge in [-0.2, -0.15) is 23.5 Å². The van der Waals surface area contributed by atoms with E-state index in [1.165, 1.54) is 0 Å². The van der Waals surface area contributed by atoms with E-state index in [-0.39, 0.29) is 37.5 Å². The summed E-state index contributed by atoms with van der Waals surface area (Å²) in [4.78, 5) is 24.9. The van der Waals surface area contributed by atoms with Gasteiger partial charge in [0.15, 0.2) is 0 Å². The smallest absolute Gasteiger partial charge is 0.306 e. The summed E-state index contributed by atoms with van der Waals surface area (Å²) >= 11 is 3.50. The highest BCUT2D eigenvalue weighted by atomic mass is 32.2. The van der Waals surface area contributed by atoms with Crippen LogP contribution in [0.15, 0.2) is 0 Å². The Labute approximate surface area is 252 Å². The number of thioether (sulfide) groups is 2. The van der Waals surface area contributed by atoms with Crippen LogP contribution < -0.4 is 0 Å². The summed E-state index contributed by atoms with van der Waals surface area (Å²) in [5.41, 5.74) is 0. The molecule has 10 heteroatoms. The van der Waals surface area contributed by atoms with Crippen LogP contribution in [0.25, 0.3) is 0 Å². The lowest BCUT2D eigenvalue weighted by Crippen LogP contribution is -2.21. The average Bonchev–Trinajstić information content (AvgIpc) is 2.94. The molecule has 0 amide bonds. The van der Waals surface area contributed by atoms with Gasteiger partial charge in [-0.1, -0.05) is 13.8 Å². The predicted molar refractivity (Wildman–Crippen MR) is 166 cm³/mol. The molecule has 0 aliphatic heterocycles. The lowest BCUT2D eigenvalue weighted by atomic mass is 10.0. The number of carbonyl (C=O) groups is 2. The van der Waals surface area contributed by atoms with Gasteiger partial charge in [0.05, 0.1) is 32.5 Å². The second kappa shape index (κ2) is 28.7. The third kappa shape index (κ3) is 24.3. The number of ether oxygens (including phenoxy) is 3. The van der Waals surface area contributed by atoms with Gasteiger partial charge in [0.25, 0.3) is 0 Å². The number of aliphatic hydroxyl groups is 3. The first-order chi connectivity index (χ1) is 19.4. The molecule has 0 saturated carbocycles. The molecule has 0 aromatic carbocycles.